The van der Waals surface area contributed by atoms with Crippen LogP contribution < -0.4 is 0 Å². The van der Waals surface area contributed by atoms with Crippen LogP contribution in [-0.4, -0.2) is 57.0 Å². The van der Waals surface area contributed by atoms with Crippen LogP contribution in [0.1, 0.15) is 16.1 Å². The Morgan fingerprint density at radius 3 is 2.83 bits per heavy atom. The van der Waals surface area contributed by atoms with Gasteiger partial charge in [0.2, 0.25) is 0 Å². The third-order valence-corrected chi connectivity index (χ3v) is 6.94. The van der Waals surface area contributed by atoms with Crippen LogP contribution in [-0.2, 0) is 14.6 Å². The van der Waals surface area contributed by atoms with Crippen molar-refractivity contribution in [3.8, 4) is 0 Å². The van der Waals surface area contributed by atoms with E-state index in [9.17, 15) is 13.2 Å². The van der Waals surface area contributed by atoms with Crippen molar-refractivity contribution in [1.82, 2.24) is 4.90 Å². The lowest BCUT2D eigenvalue weighted by Gasteiger charge is -2.27. The van der Waals surface area contributed by atoms with Gasteiger partial charge in [0.1, 0.15) is 0 Å². The zero-order chi connectivity index (χ0) is 16.4. The predicted molar refractivity (Wildman–Crippen MR) is 91.8 cm³/mol. The number of sulfone groups is 1. The van der Waals surface area contributed by atoms with Gasteiger partial charge in [-0.3, -0.25) is 4.79 Å². The molecular formula is C16H19NO4S2. The molecule has 2 aromatic rings. The molecule has 1 saturated heterocycles. The number of amides is 1. The van der Waals surface area contributed by atoms with Gasteiger partial charge in [-0.05, 0) is 23.9 Å². The van der Waals surface area contributed by atoms with Crippen LogP contribution in [0.15, 0.2) is 30.3 Å². The molecule has 1 aromatic heterocycles. The summed E-state index contributed by atoms with van der Waals surface area (Å²) in [4.78, 5) is 15.2. The summed E-state index contributed by atoms with van der Waals surface area (Å²) >= 11 is 1.44. The maximum Gasteiger partial charge on any atom is 0.264 e. The summed E-state index contributed by atoms with van der Waals surface area (Å²) in [5.41, 5.74) is 0. The molecule has 0 saturated carbocycles. The molecule has 1 fully saturated rings. The van der Waals surface area contributed by atoms with Crippen LogP contribution >= 0.6 is 11.3 Å². The standard InChI is InChI=1S/C16H19NO4S2/c1-21-8-7-17(13-6-9-23(19,20)11-13)16(18)15-10-12-4-2-3-5-14(12)22-15/h2-5,10,13H,6-9,11H2,1H3. The fourth-order valence-corrected chi connectivity index (χ4v) is 5.64. The van der Waals surface area contributed by atoms with Gasteiger partial charge in [0, 0.05) is 24.4 Å². The molecule has 0 N–H and O–H groups in total. The molecule has 124 valence electrons. The van der Waals surface area contributed by atoms with Gasteiger partial charge in [0.05, 0.1) is 23.0 Å². The molecular weight excluding hydrogens is 334 g/mol. The SMILES string of the molecule is COCCN(C(=O)c1cc2ccccc2s1)C1CCS(=O)(=O)C1. The molecule has 1 atom stereocenters. The van der Waals surface area contributed by atoms with Crippen molar-refractivity contribution in [2.75, 3.05) is 31.8 Å². The Hall–Kier alpha value is -1.44. The summed E-state index contributed by atoms with van der Waals surface area (Å²) in [6.07, 6.45) is 0.503. The van der Waals surface area contributed by atoms with Crippen molar-refractivity contribution >= 4 is 37.2 Å². The smallest absolute Gasteiger partial charge is 0.264 e. The third-order valence-electron chi connectivity index (χ3n) is 4.08. The van der Waals surface area contributed by atoms with E-state index in [1.807, 2.05) is 30.3 Å². The molecule has 1 aromatic carbocycles. The second kappa shape index (κ2) is 6.59. The molecule has 7 heteroatoms. The van der Waals surface area contributed by atoms with Gasteiger partial charge in [-0.25, -0.2) is 8.42 Å². The molecule has 1 unspecified atom stereocenters. The molecule has 0 bridgehead atoms. The predicted octanol–water partition coefficient (Wildman–Crippen LogP) is 2.18. The average molecular weight is 353 g/mol. The van der Waals surface area contributed by atoms with Crippen LogP contribution in [0.2, 0.25) is 0 Å². The van der Waals surface area contributed by atoms with E-state index in [0.717, 1.165) is 10.1 Å². The van der Waals surface area contributed by atoms with Crippen molar-refractivity contribution < 1.29 is 17.9 Å². The zero-order valence-electron chi connectivity index (χ0n) is 12.9. The van der Waals surface area contributed by atoms with E-state index in [1.54, 1.807) is 12.0 Å². The van der Waals surface area contributed by atoms with E-state index in [-0.39, 0.29) is 23.5 Å². The molecule has 1 aliphatic rings. The van der Waals surface area contributed by atoms with Crippen molar-refractivity contribution in [1.29, 1.82) is 0 Å². The number of hydrogen-bond donors (Lipinski definition) is 0. The number of carbonyl (C=O) groups is 1. The first-order chi connectivity index (χ1) is 11.0. The first-order valence-electron chi connectivity index (χ1n) is 7.49. The minimum atomic E-state index is -3.04. The molecule has 0 radical (unpaired) electrons. The summed E-state index contributed by atoms with van der Waals surface area (Å²) in [7, 11) is -1.46. The minimum Gasteiger partial charge on any atom is -0.383 e. The number of nitrogens with zero attached hydrogens (tertiary/aromatic N) is 1. The fourth-order valence-electron chi connectivity index (χ4n) is 2.89. The normalized spacial score (nSPS) is 20.0. The van der Waals surface area contributed by atoms with Crippen molar-refractivity contribution in [2.45, 2.75) is 12.5 Å². The number of fused-ring (bicyclic) bond motifs is 1. The number of methoxy groups -OCH3 is 1. The first kappa shape index (κ1) is 16.4. The van der Waals surface area contributed by atoms with E-state index in [1.165, 1.54) is 11.3 Å². The summed E-state index contributed by atoms with van der Waals surface area (Å²) < 4.78 is 29.7. The van der Waals surface area contributed by atoms with Gasteiger partial charge >= 0.3 is 0 Å². The molecule has 3 rings (SSSR count). The number of rotatable bonds is 5. The lowest BCUT2D eigenvalue weighted by atomic mass is 10.2. The van der Waals surface area contributed by atoms with E-state index in [4.69, 9.17) is 4.74 Å². The highest BCUT2D eigenvalue weighted by atomic mass is 32.2. The van der Waals surface area contributed by atoms with Crippen LogP contribution in [0, 0.1) is 0 Å². The highest BCUT2D eigenvalue weighted by Gasteiger charge is 2.35. The Balaban J connectivity index is 1.87. The third kappa shape index (κ3) is 3.57. The molecule has 2 heterocycles. The van der Waals surface area contributed by atoms with Crippen molar-refractivity contribution in [2.24, 2.45) is 0 Å². The van der Waals surface area contributed by atoms with Crippen molar-refractivity contribution in [3.05, 3.63) is 35.2 Å². The van der Waals surface area contributed by atoms with Crippen LogP contribution in [0.5, 0.6) is 0 Å². The summed E-state index contributed by atoms with van der Waals surface area (Å²) in [6.45, 7) is 0.803. The molecule has 1 aliphatic heterocycles. The molecule has 0 spiro atoms. The van der Waals surface area contributed by atoms with Gasteiger partial charge < -0.3 is 9.64 Å². The van der Waals surface area contributed by atoms with Gasteiger partial charge in [0.15, 0.2) is 9.84 Å². The van der Waals surface area contributed by atoms with Crippen molar-refractivity contribution in [3.63, 3.8) is 0 Å². The van der Waals surface area contributed by atoms with Gasteiger partial charge in [-0.2, -0.15) is 0 Å². The number of ether oxygens (including phenoxy) is 1. The minimum absolute atomic E-state index is 0.0490. The maximum atomic E-state index is 12.9. The Morgan fingerprint density at radius 2 is 2.17 bits per heavy atom. The van der Waals surface area contributed by atoms with E-state index in [2.05, 4.69) is 0 Å². The highest BCUT2D eigenvalue weighted by molar-refractivity contribution is 7.91. The fraction of sp³-hybridized carbons (Fsp3) is 0.438. The Bertz CT molecular complexity index is 779. The molecule has 5 nitrogen and oxygen atoms in total. The molecule has 0 aliphatic carbocycles. The topological polar surface area (TPSA) is 63.7 Å². The Morgan fingerprint density at radius 1 is 1.39 bits per heavy atom. The Kier molecular flexibility index (Phi) is 4.70. The summed E-state index contributed by atoms with van der Waals surface area (Å²) in [5, 5.41) is 1.03. The van der Waals surface area contributed by atoms with Gasteiger partial charge in [-0.1, -0.05) is 18.2 Å². The lowest BCUT2D eigenvalue weighted by molar-refractivity contribution is 0.0629. The number of hydrogen-bond acceptors (Lipinski definition) is 5. The van der Waals surface area contributed by atoms with Gasteiger partial charge in [0.25, 0.3) is 5.91 Å². The van der Waals surface area contributed by atoms with Gasteiger partial charge in [-0.15, -0.1) is 11.3 Å². The van der Waals surface area contributed by atoms with Crippen LogP contribution in [0.25, 0.3) is 10.1 Å². The van der Waals surface area contributed by atoms with Crippen LogP contribution in [0.4, 0.5) is 0 Å². The highest BCUT2D eigenvalue weighted by Crippen LogP contribution is 2.28. The number of benzene rings is 1. The average Bonchev–Trinajstić information content (AvgIpc) is 3.10. The van der Waals surface area contributed by atoms with E-state index in [0.29, 0.717) is 24.4 Å². The monoisotopic (exact) mass is 353 g/mol. The number of thiophene rings is 1. The Labute approximate surface area is 139 Å². The number of carbonyl (C=O) groups excluding carboxylic acids is 1. The second-order valence-corrected chi connectivity index (χ2v) is 9.01. The maximum absolute atomic E-state index is 12.9. The molecule has 23 heavy (non-hydrogen) atoms. The first-order valence-corrected chi connectivity index (χ1v) is 10.1. The summed E-state index contributed by atoms with van der Waals surface area (Å²) in [6, 6.07) is 9.46. The lowest BCUT2D eigenvalue weighted by Crippen LogP contribution is -2.42. The molecule has 1 amide bonds. The van der Waals surface area contributed by atoms with E-state index < -0.39 is 9.84 Å². The van der Waals surface area contributed by atoms with Crippen LogP contribution in [0.3, 0.4) is 0 Å². The quantitative estimate of drug-likeness (QED) is 0.826. The summed E-state index contributed by atoms with van der Waals surface area (Å²) in [5.74, 6) is 0.0964. The second-order valence-electron chi connectivity index (χ2n) is 5.70. The van der Waals surface area contributed by atoms with E-state index >= 15 is 0 Å². The zero-order valence-corrected chi connectivity index (χ0v) is 14.5. The largest absolute Gasteiger partial charge is 0.383 e.